The van der Waals surface area contributed by atoms with Crippen LogP contribution in [0.4, 0.5) is 0 Å². The third kappa shape index (κ3) is 2.78. The smallest absolute Gasteiger partial charge is 0.230 e. The minimum Gasteiger partial charge on any atom is -0.389 e. The van der Waals surface area contributed by atoms with Crippen molar-refractivity contribution in [1.82, 2.24) is 5.32 Å². The molecule has 2 aliphatic rings. The molecule has 1 saturated carbocycles. The fourth-order valence-corrected chi connectivity index (χ4v) is 4.93. The van der Waals surface area contributed by atoms with Crippen LogP contribution >= 0.6 is 11.6 Å². The molecular weight excluding hydrogens is 310 g/mol. The lowest BCUT2D eigenvalue weighted by Crippen LogP contribution is -2.51. The van der Waals surface area contributed by atoms with Gasteiger partial charge in [-0.2, -0.15) is 0 Å². The van der Waals surface area contributed by atoms with E-state index in [2.05, 4.69) is 12.2 Å². The number of aliphatic hydroxyl groups is 1. The van der Waals surface area contributed by atoms with Gasteiger partial charge in [0.25, 0.3) is 0 Å². The van der Waals surface area contributed by atoms with Gasteiger partial charge in [0.2, 0.25) is 5.91 Å². The largest absolute Gasteiger partial charge is 0.389 e. The second-order valence-corrected chi connectivity index (χ2v) is 7.80. The van der Waals surface area contributed by atoms with Gasteiger partial charge in [0.05, 0.1) is 17.6 Å². The van der Waals surface area contributed by atoms with Crippen molar-refractivity contribution in [3.63, 3.8) is 0 Å². The SMILES string of the molecule is CCC1CCC2(CC1)NC(=O)C(c1c(C)cc(C)cc1Cl)C2O. The number of aryl methyl sites for hydroxylation is 2. The summed E-state index contributed by atoms with van der Waals surface area (Å²) in [5.74, 6) is 0.0797. The van der Waals surface area contributed by atoms with Crippen molar-refractivity contribution in [1.29, 1.82) is 0 Å². The summed E-state index contributed by atoms with van der Waals surface area (Å²) in [6, 6.07) is 3.91. The predicted molar refractivity (Wildman–Crippen MR) is 92.8 cm³/mol. The maximum Gasteiger partial charge on any atom is 0.230 e. The maximum absolute atomic E-state index is 12.7. The van der Waals surface area contributed by atoms with E-state index >= 15 is 0 Å². The van der Waals surface area contributed by atoms with Gasteiger partial charge in [0.15, 0.2) is 0 Å². The topological polar surface area (TPSA) is 49.3 Å². The molecule has 1 heterocycles. The predicted octanol–water partition coefficient (Wildman–Crippen LogP) is 3.87. The molecule has 3 rings (SSSR count). The van der Waals surface area contributed by atoms with Crippen molar-refractivity contribution in [3.8, 4) is 0 Å². The number of halogens is 1. The average molecular weight is 336 g/mol. The van der Waals surface area contributed by atoms with Gasteiger partial charge in [-0.1, -0.05) is 31.0 Å². The fourth-order valence-electron chi connectivity index (χ4n) is 4.49. The van der Waals surface area contributed by atoms with Crippen molar-refractivity contribution < 1.29 is 9.90 Å². The Labute approximate surface area is 143 Å². The zero-order chi connectivity index (χ0) is 16.8. The first-order valence-corrected chi connectivity index (χ1v) is 9.02. The lowest BCUT2D eigenvalue weighted by molar-refractivity contribution is -0.121. The highest BCUT2D eigenvalue weighted by atomic mass is 35.5. The molecule has 1 spiro atoms. The molecule has 0 aromatic heterocycles. The standard InChI is InChI=1S/C19H26ClNO2/c1-4-13-5-7-19(8-6-13)17(22)16(18(23)21-19)15-12(3)9-11(2)10-14(15)20/h9-10,13,16-17,22H,4-8H2,1-3H3,(H,21,23). The first-order valence-electron chi connectivity index (χ1n) is 8.64. The van der Waals surface area contributed by atoms with Crippen molar-refractivity contribution in [2.75, 3.05) is 0 Å². The van der Waals surface area contributed by atoms with Crippen LogP contribution in [-0.4, -0.2) is 22.7 Å². The normalized spacial score (nSPS) is 34.0. The van der Waals surface area contributed by atoms with E-state index < -0.39 is 17.6 Å². The Morgan fingerprint density at radius 3 is 2.52 bits per heavy atom. The van der Waals surface area contributed by atoms with Crippen LogP contribution in [0.15, 0.2) is 12.1 Å². The number of aliphatic hydroxyl groups excluding tert-OH is 1. The minimum absolute atomic E-state index is 0.0821. The monoisotopic (exact) mass is 335 g/mol. The van der Waals surface area contributed by atoms with E-state index in [1.165, 1.54) is 6.42 Å². The van der Waals surface area contributed by atoms with E-state index in [-0.39, 0.29) is 5.91 Å². The molecule has 1 saturated heterocycles. The Hall–Kier alpha value is -1.06. The molecule has 2 atom stereocenters. The molecule has 1 amide bonds. The van der Waals surface area contributed by atoms with Crippen LogP contribution in [0, 0.1) is 19.8 Å². The molecule has 0 radical (unpaired) electrons. The van der Waals surface area contributed by atoms with Crippen LogP contribution < -0.4 is 5.32 Å². The van der Waals surface area contributed by atoms with Gasteiger partial charge < -0.3 is 10.4 Å². The van der Waals surface area contributed by atoms with Gasteiger partial charge >= 0.3 is 0 Å². The van der Waals surface area contributed by atoms with Crippen LogP contribution in [0.3, 0.4) is 0 Å². The van der Waals surface area contributed by atoms with Gasteiger partial charge in [0.1, 0.15) is 0 Å². The van der Waals surface area contributed by atoms with Gasteiger partial charge in [0, 0.05) is 5.02 Å². The third-order valence-corrected chi connectivity index (χ3v) is 6.22. The summed E-state index contributed by atoms with van der Waals surface area (Å²) in [7, 11) is 0. The summed E-state index contributed by atoms with van der Waals surface area (Å²) < 4.78 is 0. The van der Waals surface area contributed by atoms with E-state index in [4.69, 9.17) is 11.6 Å². The highest BCUT2D eigenvalue weighted by molar-refractivity contribution is 6.32. The number of nitrogens with one attached hydrogen (secondary N) is 1. The summed E-state index contributed by atoms with van der Waals surface area (Å²) in [5.41, 5.74) is 2.38. The number of amides is 1. The number of hydrogen-bond acceptors (Lipinski definition) is 2. The van der Waals surface area contributed by atoms with E-state index in [0.717, 1.165) is 42.4 Å². The molecule has 126 valence electrons. The zero-order valence-electron chi connectivity index (χ0n) is 14.2. The Morgan fingerprint density at radius 1 is 1.30 bits per heavy atom. The zero-order valence-corrected chi connectivity index (χ0v) is 14.9. The summed E-state index contributed by atoms with van der Waals surface area (Å²) >= 11 is 6.43. The number of carbonyl (C=O) groups excluding carboxylic acids is 1. The Bertz CT molecular complexity index is 597. The molecule has 1 aliphatic carbocycles. The van der Waals surface area contributed by atoms with E-state index in [9.17, 15) is 9.90 Å². The van der Waals surface area contributed by atoms with E-state index in [1.54, 1.807) is 0 Å². The number of carbonyl (C=O) groups is 1. The molecule has 2 N–H and O–H groups in total. The van der Waals surface area contributed by atoms with Crippen LogP contribution in [0.2, 0.25) is 5.02 Å². The molecule has 0 bridgehead atoms. The van der Waals surface area contributed by atoms with Crippen molar-refractivity contribution >= 4 is 17.5 Å². The third-order valence-electron chi connectivity index (χ3n) is 5.90. The second-order valence-electron chi connectivity index (χ2n) is 7.40. The van der Waals surface area contributed by atoms with Crippen molar-refractivity contribution in [2.45, 2.75) is 70.4 Å². The fraction of sp³-hybridized carbons (Fsp3) is 0.632. The molecule has 23 heavy (non-hydrogen) atoms. The number of hydrogen-bond donors (Lipinski definition) is 2. The maximum atomic E-state index is 12.7. The van der Waals surface area contributed by atoms with Gasteiger partial charge in [-0.15, -0.1) is 0 Å². The highest BCUT2D eigenvalue weighted by Gasteiger charge is 2.54. The van der Waals surface area contributed by atoms with E-state index in [1.807, 2.05) is 26.0 Å². The lowest BCUT2D eigenvalue weighted by atomic mass is 9.71. The molecular formula is C19H26ClNO2. The molecule has 2 fully saturated rings. The Balaban J connectivity index is 1.93. The minimum atomic E-state index is -0.702. The summed E-state index contributed by atoms with van der Waals surface area (Å²) in [5, 5.41) is 14.7. The first kappa shape index (κ1) is 16.8. The van der Waals surface area contributed by atoms with Gasteiger partial charge in [-0.25, -0.2) is 0 Å². The van der Waals surface area contributed by atoms with Gasteiger partial charge in [-0.05, 0) is 68.2 Å². The van der Waals surface area contributed by atoms with E-state index in [0.29, 0.717) is 10.9 Å². The van der Waals surface area contributed by atoms with Crippen molar-refractivity contribution in [3.05, 3.63) is 33.8 Å². The quantitative estimate of drug-likeness (QED) is 0.862. The van der Waals surface area contributed by atoms with Crippen LogP contribution in [0.1, 0.15) is 61.6 Å². The molecule has 2 unspecified atom stereocenters. The lowest BCUT2D eigenvalue weighted by Gasteiger charge is -2.39. The molecule has 3 nitrogen and oxygen atoms in total. The number of benzene rings is 1. The van der Waals surface area contributed by atoms with Crippen molar-refractivity contribution in [2.24, 2.45) is 5.92 Å². The molecule has 1 aliphatic heterocycles. The molecule has 1 aromatic rings. The molecule has 1 aromatic carbocycles. The molecule has 4 heteroatoms. The van der Waals surface area contributed by atoms with Crippen LogP contribution in [0.5, 0.6) is 0 Å². The Kier molecular flexibility index (Phi) is 4.45. The summed E-state index contributed by atoms with van der Waals surface area (Å²) in [4.78, 5) is 12.7. The number of rotatable bonds is 2. The average Bonchev–Trinajstić information content (AvgIpc) is 2.72. The Morgan fingerprint density at radius 2 is 1.96 bits per heavy atom. The van der Waals surface area contributed by atoms with Crippen LogP contribution in [-0.2, 0) is 4.79 Å². The van der Waals surface area contributed by atoms with Gasteiger partial charge in [-0.3, -0.25) is 4.79 Å². The summed E-state index contributed by atoms with van der Waals surface area (Å²) in [6.45, 7) is 6.17. The second kappa shape index (κ2) is 6.10. The first-order chi connectivity index (χ1) is 10.9. The highest BCUT2D eigenvalue weighted by Crippen LogP contribution is 2.46. The van der Waals surface area contributed by atoms with Crippen LogP contribution in [0.25, 0.3) is 0 Å². The summed E-state index contributed by atoms with van der Waals surface area (Å²) in [6.07, 6.45) is 4.33.